The Bertz CT molecular complexity index is 411. The molecule has 0 atom stereocenters. The molecule has 0 heterocycles. The zero-order chi connectivity index (χ0) is 11.9. The van der Waals surface area contributed by atoms with Crippen molar-refractivity contribution in [1.82, 2.24) is 0 Å². The molecule has 1 N–H and O–H groups in total. The molecule has 1 aliphatic carbocycles. The Morgan fingerprint density at radius 2 is 2.06 bits per heavy atom. The predicted octanol–water partition coefficient (Wildman–Crippen LogP) is 3.67. The van der Waals surface area contributed by atoms with Gasteiger partial charge in [0.1, 0.15) is 5.82 Å². The van der Waals surface area contributed by atoms with Gasteiger partial charge < -0.3 is 5.11 Å². The third-order valence-corrected chi connectivity index (χ3v) is 3.37. The number of halogens is 2. The van der Waals surface area contributed by atoms with E-state index >= 15 is 0 Å². The molecule has 0 saturated heterocycles. The summed E-state index contributed by atoms with van der Waals surface area (Å²) in [4.78, 5) is 0. The molecule has 1 fully saturated rings. The molecule has 0 bridgehead atoms. The zero-order valence-corrected chi connectivity index (χ0v) is 10.3. The smallest absolute Gasteiger partial charge is 0.145 e. The van der Waals surface area contributed by atoms with Gasteiger partial charge in [-0.2, -0.15) is 0 Å². The van der Waals surface area contributed by atoms with Crippen LogP contribution in [0.2, 0.25) is 5.02 Å². The fourth-order valence-electron chi connectivity index (χ4n) is 1.89. The van der Waals surface area contributed by atoms with E-state index in [1.807, 2.05) is 19.9 Å². The summed E-state index contributed by atoms with van der Waals surface area (Å²) in [6, 6.07) is 3.45. The molecule has 1 aromatic rings. The maximum Gasteiger partial charge on any atom is 0.145 e. The molecule has 0 aliphatic heterocycles. The van der Waals surface area contributed by atoms with Gasteiger partial charge in [-0.25, -0.2) is 4.39 Å². The topological polar surface area (TPSA) is 20.2 Å². The first-order chi connectivity index (χ1) is 7.41. The molecule has 1 nitrogen and oxygen atoms in total. The molecular formula is C13H16ClFO. The summed E-state index contributed by atoms with van der Waals surface area (Å²) in [7, 11) is 0. The van der Waals surface area contributed by atoms with Crippen LogP contribution in [0.15, 0.2) is 12.1 Å². The Hall–Kier alpha value is -0.600. The van der Waals surface area contributed by atoms with E-state index < -0.39 is 5.60 Å². The number of benzene rings is 1. The standard InChI is InChI=1S/C13H16ClFO/c1-8(2)10-5-9(6-11(14)12(10)15)7-13(16)3-4-13/h5-6,8,16H,3-4,7H2,1-2H3. The Balaban J connectivity index is 2.32. The summed E-state index contributed by atoms with van der Waals surface area (Å²) in [5, 5.41) is 9.99. The molecule has 0 spiro atoms. The third kappa shape index (κ3) is 2.38. The minimum atomic E-state index is -0.560. The van der Waals surface area contributed by atoms with E-state index in [4.69, 9.17) is 11.6 Å². The zero-order valence-electron chi connectivity index (χ0n) is 9.56. The Labute approximate surface area is 100 Å². The second-order valence-electron chi connectivity index (χ2n) is 5.04. The quantitative estimate of drug-likeness (QED) is 0.858. The van der Waals surface area contributed by atoms with E-state index in [1.165, 1.54) is 0 Å². The molecule has 0 aromatic heterocycles. The van der Waals surface area contributed by atoms with Crippen molar-refractivity contribution in [3.8, 4) is 0 Å². The Morgan fingerprint density at radius 1 is 1.44 bits per heavy atom. The highest BCUT2D eigenvalue weighted by atomic mass is 35.5. The number of aliphatic hydroxyl groups is 1. The molecule has 0 amide bonds. The first-order valence-corrected chi connectivity index (χ1v) is 5.99. The lowest BCUT2D eigenvalue weighted by atomic mass is 9.97. The van der Waals surface area contributed by atoms with Gasteiger partial charge in [-0.3, -0.25) is 0 Å². The van der Waals surface area contributed by atoms with Crippen molar-refractivity contribution in [3.63, 3.8) is 0 Å². The summed E-state index contributed by atoms with van der Waals surface area (Å²) >= 11 is 5.86. The lowest BCUT2D eigenvalue weighted by Gasteiger charge is -2.13. The van der Waals surface area contributed by atoms with Crippen molar-refractivity contribution >= 4 is 11.6 Å². The lowest BCUT2D eigenvalue weighted by Crippen LogP contribution is -2.11. The van der Waals surface area contributed by atoms with Gasteiger partial charge in [0.2, 0.25) is 0 Å². The highest BCUT2D eigenvalue weighted by Gasteiger charge is 2.40. The van der Waals surface area contributed by atoms with Crippen molar-refractivity contribution in [2.24, 2.45) is 0 Å². The highest BCUT2D eigenvalue weighted by molar-refractivity contribution is 6.30. The first-order valence-electron chi connectivity index (χ1n) is 5.61. The van der Waals surface area contributed by atoms with E-state index in [9.17, 15) is 9.50 Å². The van der Waals surface area contributed by atoms with Gasteiger partial charge in [0, 0.05) is 6.42 Å². The third-order valence-electron chi connectivity index (χ3n) is 3.10. The molecule has 0 radical (unpaired) electrons. The molecule has 2 rings (SSSR count). The maximum absolute atomic E-state index is 13.7. The van der Waals surface area contributed by atoms with Gasteiger partial charge in [0.05, 0.1) is 10.6 Å². The van der Waals surface area contributed by atoms with Crippen molar-refractivity contribution in [2.45, 2.75) is 44.6 Å². The van der Waals surface area contributed by atoms with E-state index in [-0.39, 0.29) is 16.8 Å². The summed E-state index contributed by atoms with van der Waals surface area (Å²) in [5.74, 6) is -0.227. The average Bonchev–Trinajstić information content (AvgIpc) is 2.89. The molecule has 88 valence electrons. The van der Waals surface area contributed by atoms with Crippen molar-refractivity contribution < 1.29 is 9.50 Å². The van der Waals surface area contributed by atoms with Crippen LogP contribution in [0.5, 0.6) is 0 Å². The summed E-state index contributed by atoms with van der Waals surface area (Å²) in [5.41, 5.74) is 0.997. The van der Waals surface area contributed by atoms with Gasteiger partial charge in [0.15, 0.2) is 0 Å². The van der Waals surface area contributed by atoms with Crippen LogP contribution < -0.4 is 0 Å². The monoisotopic (exact) mass is 242 g/mol. The van der Waals surface area contributed by atoms with Gasteiger partial charge >= 0.3 is 0 Å². The Morgan fingerprint density at radius 3 is 2.56 bits per heavy atom. The van der Waals surface area contributed by atoms with Gasteiger partial charge in [-0.1, -0.05) is 31.5 Å². The summed E-state index contributed by atoms with van der Waals surface area (Å²) in [6.07, 6.45) is 2.24. The minimum Gasteiger partial charge on any atom is -0.390 e. The molecule has 1 aliphatic rings. The Kier molecular flexibility index (Phi) is 2.97. The van der Waals surface area contributed by atoms with Crippen molar-refractivity contribution in [1.29, 1.82) is 0 Å². The molecule has 1 saturated carbocycles. The summed E-state index contributed by atoms with van der Waals surface area (Å²) < 4.78 is 13.7. The maximum atomic E-state index is 13.7. The average molecular weight is 243 g/mol. The molecule has 16 heavy (non-hydrogen) atoms. The van der Waals surface area contributed by atoms with Crippen LogP contribution in [0, 0.1) is 5.82 Å². The van der Waals surface area contributed by atoms with Crippen LogP contribution in [-0.2, 0) is 6.42 Å². The van der Waals surface area contributed by atoms with Crippen LogP contribution >= 0.6 is 11.6 Å². The fourth-order valence-corrected chi connectivity index (χ4v) is 2.14. The molecular weight excluding hydrogens is 227 g/mol. The van der Waals surface area contributed by atoms with Crippen LogP contribution in [0.25, 0.3) is 0 Å². The normalized spacial score (nSPS) is 17.9. The van der Waals surface area contributed by atoms with Gasteiger partial charge in [0.25, 0.3) is 0 Å². The number of hydrogen-bond acceptors (Lipinski definition) is 1. The van der Waals surface area contributed by atoms with E-state index in [0.29, 0.717) is 12.0 Å². The summed E-state index contributed by atoms with van der Waals surface area (Å²) in [6.45, 7) is 3.87. The minimum absolute atomic E-state index is 0.103. The van der Waals surface area contributed by atoms with Crippen LogP contribution in [0.4, 0.5) is 4.39 Å². The second-order valence-corrected chi connectivity index (χ2v) is 5.44. The molecule has 0 unspecified atom stereocenters. The van der Waals surface area contributed by atoms with Crippen LogP contribution in [-0.4, -0.2) is 10.7 Å². The SMILES string of the molecule is CC(C)c1cc(CC2(O)CC2)cc(Cl)c1F. The predicted molar refractivity (Wildman–Crippen MR) is 63.4 cm³/mol. The first kappa shape index (κ1) is 11.9. The van der Waals surface area contributed by atoms with Crippen molar-refractivity contribution in [2.75, 3.05) is 0 Å². The number of rotatable bonds is 3. The van der Waals surface area contributed by atoms with Crippen LogP contribution in [0.1, 0.15) is 43.7 Å². The van der Waals surface area contributed by atoms with Crippen LogP contribution in [0.3, 0.4) is 0 Å². The van der Waals surface area contributed by atoms with Gasteiger partial charge in [-0.05, 0) is 36.0 Å². The van der Waals surface area contributed by atoms with E-state index in [1.54, 1.807) is 6.07 Å². The second kappa shape index (κ2) is 4.01. The number of hydrogen-bond donors (Lipinski definition) is 1. The fraction of sp³-hybridized carbons (Fsp3) is 0.538. The molecule has 3 heteroatoms. The molecule has 1 aromatic carbocycles. The van der Waals surface area contributed by atoms with E-state index in [0.717, 1.165) is 18.4 Å². The van der Waals surface area contributed by atoms with Crippen molar-refractivity contribution in [3.05, 3.63) is 34.1 Å². The van der Waals surface area contributed by atoms with E-state index in [2.05, 4.69) is 0 Å². The highest BCUT2D eigenvalue weighted by Crippen LogP contribution is 2.39. The lowest BCUT2D eigenvalue weighted by molar-refractivity contribution is 0.151. The largest absolute Gasteiger partial charge is 0.390 e. The van der Waals surface area contributed by atoms with Gasteiger partial charge in [-0.15, -0.1) is 0 Å².